The maximum atomic E-state index is 4.41. The van der Waals surface area contributed by atoms with Crippen LogP contribution in [0.15, 0.2) is 77.5 Å². The number of rotatable bonds is 3. The first-order valence-electron chi connectivity index (χ1n) is 7.54. The van der Waals surface area contributed by atoms with Gasteiger partial charge in [-0.2, -0.15) is 0 Å². The van der Waals surface area contributed by atoms with E-state index in [1.807, 2.05) is 54.6 Å². The van der Waals surface area contributed by atoms with Gasteiger partial charge in [-0.25, -0.2) is 9.97 Å². The molecule has 0 aliphatic carbocycles. The fourth-order valence-electron chi connectivity index (χ4n) is 2.64. The summed E-state index contributed by atoms with van der Waals surface area (Å²) in [7, 11) is 0. The number of benzene rings is 3. The van der Waals surface area contributed by atoms with Crippen LogP contribution in [-0.2, 0) is 0 Å². The van der Waals surface area contributed by atoms with Gasteiger partial charge >= 0.3 is 0 Å². The van der Waals surface area contributed by atoms with Gasteiger partial charge in [0.25, 0.3) is 0 Å². The highest BCUT2D eigenvalue weighted by molar-refractivity contribution is 9.10. The summed E-state index contributed by atoms with van der Waals surface area (Å²) in [5.41, 5.74) is 4.10. The third kappa shape index (κ3) is 2.88. The molecule has 0 aliphatic rings. The van der Waals surface area contributed by atoms with Crippen molar-refractivity contribution in [3.63, 3.8) is 0 Å². The van der Waals surface area contributed by atoms with E-state index >= 15 is 0 Å². The Bertz CT molecular complexity index is 992. The molecule has 3 nitrogen and oxygen atoms in total. The molecule has 24 heavy (non-hydrogen) atoms. The number of nitrogens with zero attached hydrogens (tertiary/aromatic N) is 2. The SMILES string of the molecule is Brc1ccc(-c2c[c]ccc2Nc2ncnc3ccccc23)cc1. The fraction of sp³-hybridized carbons (Fsp3) is 0. The maximum Gasteiger partial charge on any atom is 0.141 e. The van der Waals surface area contributed by atoms with Crippen molar-refractivity contribution in [3.05, 3.63) is 83.6 Å². The molecule has 4 heteroatoms. The lowest BCUT2D eigenvalue weighted by Crippen LogP contribution is -1.97. The van der Waals surface area contributed by atoms with Crippen molar-refractivity contribution in [3.8, 4) is 11.1 Å². The van der Waals surface area contributed by atoms with E-state index in [0.717, 1.165) is 38.0 Å². The molecule has 1 aromatic heterocycles. The van der Waals surface area contributed by atoms with E-state index in [-0.39, 0.29) is 0 Å². The molecule has 0 atom stereocenters. The fourth-order valence-corrected chi connectivity index (χ4v) is 2.90. The van der Waals surface area contributed by atoms with E-state index in [9.17, 15) is 0 Å². The summed E-state index contributed by atoms with van der Waals surface area (Å²) in [6.07, 6.45) is 1.58. The third-order valence-electron chi connectivity index (χ3n) is 3.82. The number of para-hydroxylation sites is 1. The zero-order valence-corrected chi connectivity index (χ0v) is 14.3. The van der Waals surface area contributed by atoms with Crippen LogP contribution in [0.2, 0.25) is 0 Å². The smallest absolute Gasteiger partial charge is 0.141 e. The summed E-state index contributed by atoms with van der Waals surface area (Å²) in [6, 6.07) is 25.2. The summed E-state index contributed by atoms with van der Waals surface area (Å²) in [4.78, 5) is 8.72. The molecule has 0 fully saturated rings. The van der Waals surface area contributed by atoms with E-state index in [2.05, 4.69) is 49.4 Å². The van der Waals surface area contributed by atoms with Crippen LogP contribution in [0, 0.1) is 6.07 Å². The number of hydrogen-bond donors (Lipinski definition) is 1. The second-order valence-electron chi connectivity index (χ2n) is 5.34. The second kappa shape index (κ2) is 6.42. The van der Waals surface area contributed by atoms with Gasteiger partial charge in [-0.3, -0.25) is 0 Å². The number of hydrogen-bond acceptors (Lipinski definition) is 3. The first kappa shape index (κ1) is 14.8. The molecule has 0 saturated heterocycles. The minimum absolute atomic E-state index is 0.796. The Morgan fingerprint density at radius 1 is 0.917 bits per heavy atom. The highest BCUT2D eigenvalue weighted by Gasteiger charge is 2.08. The van der Waals surface area contributed by atoms with Crippen molar-refractivity contribution in [1.82, 2.24) is 9.97 Å². The van der Waals surface area contributed by atoms with Crippen molar-refractivity contribution in [2.24, 2.45) is 0 Å². The molecule has 0 aliphatic heterocycles. The lowest BCUT2D eigenvalue weighted by atomic mass is 10.0. The summed E-state index contributed by atoms with van der Waals surface area (Å²) in [6.45, 7) is 0. The Hall–Kier alpha value is -2.72. The van der Waals surface area contributed by atoms with Crippen molar-refractivity contribution in [2.45, 2.75) is 0 Å². The highest BCUT2D eigenvalue weighted by Crippen LogP contribution is 2.32. The summed E-state index contributed by atoms with van der Waals surface area (Å²) >= 11 is 3.48. The molecule has 0 unspecified atom stereocenters. The molecule has 1 radical (unpaired) electrons. The molecule has 115 valence electrons. The zero-order chi connectivity index (χ0) is 16.4. The summed E-state index contributed by atoms with van der Waals surface area (Å²) in [5.74, 6) is 0.796. The minimum Gasteiger partial charge on any atom is -0.339 e. The lowest BCUT2D eigenvalue weighted by Gasteiger charge is -2.13. The Balaban J connectivity index is 1.79. The molecule has 0 spiro atoms. The zero-order valence-electron chi connectivity index (χ0n) is 12.7. The Labute approximate surface area is 148 Å². The molecular weight excluding hydrogens is 362 g/mol. The summed E-state index contributed by atoms with van der Waals surface area (Å²) in [5, 5.41) is 4.44. The molecule has 1 heterocycles. The van der Waals surface area contributed by atoms with Gasteiger partial charge in [0.05, 0.1) is 5.52 Å². The number of anilines is 2. The predicted octanol–water partition coefficient (Wildman–Crippen LogP) is 5.60. The largest absolute Gasteiger partial charge is 0.339 e. The van der Waals surface area contributed by atoms with Crippen LogP contribution in [0.1, 0.15) is 0 Å². The maximum absolute atomic E-state index is 4.41. The van der Waals surface area contributed by atoms with Crippen LogP contribution in [0.5, 0.6) is 0 Å². The number of fused-ring (bicyclic) bond motifs is 1. The van der Waals surface area contributed by atoms with Crippen LogP contribution in [0.25, 0.3) is 22.0 Å². The third-order valence-corrected chi connectivity index (χ3v) is 4.34. The molecule has 0 saturated carbocycles. The predicted molar refractivity (Wildman–Crippen MR) is 101 cm³/mol. The van der Waals surface area contributed by atoms with E-state index in [1.54, 1.807) is 6.33 Å². The lowest BCUT2D eigenvalue weighted by molar-refractivity contribution is 1.22. The van der Waals surface area contributed by atoms with Gasteiger partial charge in [-0.05, 0) is 48.0 Å². The number of aromatic nitrogens is 2. The van der Waals surface area contributed by atoms with Crippen LogP contribution in [0.4, 0.5) is 11.5 Å². The first-order chi connectivity index (χ1) is 11.8. The normalized spacial score (nSPS) is 10.7. The van der Waals surface area contributed by atoms with E-state index in [1.165, 1.54) is 0 Å². The second-order valence-corrected chi connectivity index (χ2v) is 6.26. The van der Waals surface area contributed by atoms with Gasteiger partial charge in [0.2, 0.25) is 0 Å². The van der Waals surface area contributed by atoms with Crippen LogP contribution >= 0.6 is 15.9 Å². The van der Waals surface area contributed by atoms with Gasteiger partial charge in [-0.1, -0.05) is 46.3 Å². The van der Waals surface area contributed by atoms with Crippen molar-refractivity contribution < 1.29 is 0 Å². The van der Waals surface area contributed by atoms with Gasteiger partial charge in [0, 0.05) is 21.1 Å². The van der Waals surface area contributed by atoms with Crippen molar-refractivity contribution in [1.29, 1.82) is 0 Å². The molecule has 3 aromatic carbocycles. The molecular formula is C20H13BrN3. The molecule has 1 N–H and O–H groups in total. The average Bonchev–Trinajstić information content (AvgIpc) is 2.63. The van der Waals surface area contributed by atoms with E-state index in [0.29, 0.717) is 0 Å². The van der Waals surface area contributed by atoms with E-state index < -0.39 is 0 Å². The van der Waals surface area contributed by atoms with Crippen molar-refractivity contribution >= 4 is 38.3 Å². The first-order valence-corrected chi connectivity index (χ1v) is 8.33. The molecule has 4 rings (SSSR count). The Morgan fingerprint density at radius 2 is 1.75 bits per heavy atom. The topological polar surface area (TPSA) is 37.8 Å². The van der Waals surface area contributed by atoms with Gasteiger partial charge in [0.1, 0.15) is 12.1 Å². The van der Waals surface area contributed by atoms with Gasteiger partial charge in [-0.15, -0.1) is 0 Å². The molecule has 0 amide bonds. The van der Waals surface area contributed by atoms with Crippen LogP contribution in [-0.4, -0.2) is 9.97 Å². The van der Waals surface area contributed by atoms with Crippen LogP contribution in [0.3, 0.4) is 0 Å². The standard InChI is InChI=1S/C20H13BrN3/c21-15-11-9-14(10-12-15)16-5-1-4-8-19(16)24-20-17-6-2-3-7-18(17)22-13-23-20/h2-13H,(H,22,23,24). The quantitative estimate of drug-likeness (QED) is 0.506. The highest BCUT2D eigenvalue weighted by atomic mass is 79.9. The molecule has 0 bridgehead atoms. The summed E-state index contributed by atoms with van der Waals surface area (Å²) < 4.78 is 1.06. The van der Waals surface area contributed by atoms with Gasteiger partial charge < -0.3 is 5.32 Å². The Morgan fingerprint density at radius 3 is 2.62 bits per heavy atom. The molecule has 4 aromatic rings. The Kier molecular flexibility index (Phi) is 3.97. The number of nitrogens with one attached hydrogen (secondary N) is 1. The van der Waals surface area contributed by atoms with E-state index in [4.69, 9.17) is 0 Å². The minimum atomic E-state index is 0.796. The monoisotopic (exact) mass is 374 g/mol. The van der Waals surface area contributed by atoms with Crippen molar-refractivity contribution in [2.75, 3.05) is 5.32 Å². The van der Waals surface area contributed by atoms with Crippen LogP contribution < -0.4 is 5.32 Å². The van der Waals surface area contributed by atoms with Gasteiger partial charge in [0.15, 0.2) is 0 Å². The average molecular weight is 375 g/mol. The number of halogens is 1.